The maximum Gasteiger partial charge on any atom is 0.270 e. The summed E-state index contributed by atoms with van der Waals surface area (Å²) in [5.74, 6) is -0.334. The van der Waals surface area contributed by atoms with Gasteiger partial charge in [0.05, 0.1) is 32.9 Å². The molecule has 0 unspecified atom stereocenters. The van der Waals surface area contributed by atoms with E-state index in [9.17, 15) is 19.7 Å². The molecule has 0 aliphatic heterocycles. The zero-order chi connectivity index (χ0) is 23.3. The first-order valence-electron chi connectivity index (χ1n) is 9.67. The molecule has 0 fully saturated rings. The van der Waals surface area contributed by atoms with Gasteiger partial charge < -0.3 is 15.4 Å². The van der Waals surface area contributed by atoms with Crippen LogP contribution in [-0.4, -0.2) is 22.8 Å². The van der Waals surface area contributed by atoms with Crippen LogP contribution in [0.15, 0.2) is 66.7 Å². The summed E-state index contributed by atoms with van der Waals surface area (Å²) in [4.78, 5) is 35.7. The number of benzene rings is 3. The van der Waals surface area contributed by atoms with Crippen molar-refractivity contribution in [3.63, 3.8) is 0 Å². The van der Waals surface area contributed by atoms with Crippen LogP contribution in [0.4, 0.5) is 17.1 Å². The van der Waals surface area contributed by atoms with Crippen molar-refractivity contribution < 1.29 is 19.2 Å². The zero-order valence-electron chi connectivity index (χ0n) is 17.3. The maximum absolute atomic E-state index is 12.8. The van der Waals surface area contributed by atoms with Crippen molar-refractivity contribution in [2.75, 3.05) is 10.6 Å². The fraction of sp³-hybridized carbons (Fsp3) is 0.130. The van der Waals surface area contributed by atoms with Gasteiger partial charge >= 0.3 is 0 Å². The number of para-hydroxylation sites is 1. The highest BCUT2D eigenvalue weighted by molar-refractivity contribution is 6.34. The number of rotatable bonds is 7. The minimum atomic E-state index is -0.602. The number of ether oxygens (including phenoxy) is 1. The van der Waals surface area contributed by atoms with Crippen molar-refractivity contribution in [3.05, 3.63) is 93.0 Å². The van der Waals surface area contributed by atoms with Crippen LogP contribution in [-0.2, 0) is 0 Å². The Morgan fingerprint density at radius 1 is 0.938 bits per heavy atom. The molecule has 164 valence electrons. The molecule has 3 aromatic rings. The molecule has 8 nitrogen and oxygen atoms in total. The molecule has 3 rings (SSSR count). The summed E-state index contributed by atoms with van der Waals surface area (Å²) in [5, 5.41) is 16.2. The lowest BCUT2D eigenvalue weighted by atomic mass is 10.1. The molecule has 2 amide bonds. The number of carbonyl (C=O) groups excluding carboxylic acids is 2. The number of amides is 2. The topological polar surface area (TPSA) is 111 Å². The molecular weight excluding hydrogens is 434 g/mol. The fourth-order valence-electron chi connectivity index (χ4n) is 2.87. The number of anilines is 2. The van der Waals surface area contributed by atoms with E-state index in [0.717, 1.165) is 6.07 Å². The van der Waals surface area contributed by atoms with Crippen LogP contribution >= 0.6 is 11.6 Å². The standard InChI is InChI=1S/C23H20ClN3O5/c1-14(2)32-17-10-7-15(8-11-17)25-23(29)19-5-3-4-6-21(19)26-22(28)18-12-9-16(27(30)31)13-20(18)24/h3-14H,1-2H3,(H,25,29)(H,26,28). The molecule has 32 heavy (non-hydrogen) atoms. The Morgan fingerprint density at radius 2 is 1.59 bits per heavy atom. The predicted molar refractivity (Wildman–Crippen MR) is 123 cm³/mol. The van der Waals surface area contributed by atoms with Gasteiger partial charge in [-0.05, 0) is 56.3 Å². The van der Waals surface area contributed by atoms with Gasteiger partial charge in [0.1, 0.15) is 5.75 Å². The number of nitrogens with one attached hydrogen (secondary N) is 2. The first-order valence-corrected chi connectivity index (χ1v) is 10.0. The van der Waals surface area contributed by atoms with Crippen molar-refractivity contribution in [3.8, 4) is 5.75 Å². The number of hydrogen-bond donors (Lipinski definition) is 2. The van der Waals surface area contributed by atoms with Crippen LogP contribution in [0.3, 0.4) is 0 Å². The van der Waals surface area contributed by atoms with Gasteiger partial charge in [0, 0.05) is 17.8 Å². The van der Waals surface area contributed by atoms with Crippen molar-refractivity contribution >= 4 is 40.5 Å². The van der Waals surface area contributed by atoms with Gasteiger partial charge in [0.15, 0.2) is 0 Å². The molecule has 0 spiro atoms. The van der Waals surface area contributed by atoms with Crippen LogP contribution in [0.25, 0.3) is 0 Å². The van der Waals surface area contributed by atoms with E-state index in [2.05, 4.69) is 10.6 Å². The summed E-state index contributed by atoms with van der Waals surface area (Å²) in [5.41, 5.74) is 0.889. The van der Waals surface area contributed by atoms with Crippen LogP contribution in [0.1, 0.15) is 34.6 Å². The number of halogens is 1. The number of nitro groups is 1. The molecule has 0 saturated heterocycles. The number of nitrogens with zero attached hydrogens (tertiary/aromatic N) is 1. The Bertz CT molecular complexity index is 1160. The molecule has 0 radical (unpaired) electrons. The van der Waals surface area contributed by atoms with E-state index in [1.807, 2.05) is 13.8 Å². The first-order chi connectivity index (χ1) is 15.2. The average molecular weight is 454 g/mol. The van der Waals surface area contributed by atoms with Crippen LogP contribution < -0.4 is 15.4 Å². The van der Waals surface area contributed by atoms with E-state index in [1.165, 1.54) is 12.1 Å². The highest BCUT2D eigenvalue weighted by Crippen LogP contribution is 2.25. The fourth-order valence-corrected chi connectivity index (χ4v) is 3.13. The lowest BCUT2D eigenvalue weighted by Crippen LogP contribution is -2.18. The van der Waals surface area contributed by atoms with Gasteiger partial charge in [-0.1, -0.05) is 23.7 Å². The van der Waals surface area contributed by atoms with Crippen molar-refractivity contribution in [1.29, 1.82) is 0 Å². The molecule has 0 atom stereocenters. The summed E-state index contributed by atoms with van der Waals surface area (Å²) >= 11 is 6.03. The number of nitro benzene ring substituents is 1. The zero-order valence-corrected chi connectivity index (χ0v) is 18.1. The number of non-ortho nitro benzene ring substituents is 1. The predicted octanol–water partition coefficient (Wildman–Crippen LogP) is 5.54. The minimum absolute atomic E-state index is 0.0372. The summed E-state index contributed by atoms with van der Waals surface area (Å²) < 4.78 is 5.59. The molecule has 2 N–H and O–H groups in total. The number of carbonyl (C=O) groups is 2. The van der Waals surface area contributed by atoms with E-state index in [1.54, 1.807) is 48.5 Å². The van der Waals surface area contributed by atoms with E-state index in [0.29, 0.717) is 11.4 Å². The van der Waals surface area contributed by atoms with Crippen LogP contribution in [0.2, 0.25) is 5.02 Å². The Labute approximate surface area is 189 Å². The van der Waals surface area contributed by atoms with Crippen molar-refractivity contribution in [2.24, 2.45) is 0 Å². The molecular formula is C23H20ClN3O5. The van der Waals surface area contributed by atoms with Crippen LogP contribution in [0, 0.1) is 10.1 Å². The second-order valence-corrected chi connectivity index (χ2v) is 7.47. The normalized spacial score (nSPS) is 10.5. The SMILES string of the molecule is CC(C)Oc1ccc(NC(=O)c2ccccc2NC(=O)c2ccc([N+](=O)[O-])cc2Cl)cc1. The van der Waals surface area contributed by atoms with E-state index in [4.69, 9.17) is 16.3 Å². The summed E-state index contributed by atoms with van der Waals surface area (Å²) in [6, 6.07) is 17.0. The third kappa shape index (κ3) is 5.61. The lowest BCUT2D eigenvalue weighted by molar-refractivity contribution is -0.384. The van der Waals surface area contributed by atoms with E-state index >= 15 is 0 Å². The average Bonchev–Trinajstić information content (AvgIpc) is 2.74. The summed E-state index contributed by atoms with van der Waals surface area (Å²) in [7, 11) is 0. The molecule has 0 aromatic heterocycles. The third-order valence-corrected chi connectivity index (χ3v) is 4.62. The number of hydrogen-bond acceptors (Lipinski definition) is 5. The molecule has 9 heteroatoms. The molecule has 0 bridgehead atoms. The van der Waals surface area contributed by atoms with Gasteiger partial charge in [-0.3, -0.25) is 19.7 Å². The maximum atomic E-state index is 12.8. The Morgan fingerprint density at radius 3 is 2.22 bits per heavy atom. The third-order valence-electron chi connectivity index (χ3n) is 4.31. The van der Waals surface area contributed by atoms with Crippen LogP contribution in [0.5, 0.6) is 5.75 Å². The molecule has 0 saturated carbocycles. The quantitative estimate of drug-likeness (QED) is 0.360. The molecule has 3 aromatic carbocycles. The summed E-state index contributed by atoms with van der Waals surface area (Å²) in [6.45, 7) is 3.84. The largest absolute Gasteiger partial charge is 0.491 e. The van der Waals surface area contributed by atoms with Crippen molar-refractivity contribution in [1.82, 2.24) is 0 Å². The van der Waals surface area contributed by atoms with Gasteiger partial charge in [0.25, 0.3) is 17.5 Å². The minimum Gasteiger partial charge on any atom is -0.491 e. The first kappa shape index (κ1) is 22.8. The Hall–Kier alpha value is -3.91. The molecule has 0 aliphatic rings. The highest BCUT2D eigenvalue weighted by atomic mass is 35.5. The highest BCUT2D eigenvalue weighted by Gasteiger charge is 2.18. The second-order valence-electron chi connectivity index (χ2n) is 7.07. The monoisotopic (exact) mass is 453 g/mol. The lowest BCUT2D eigenvalue weighted by Gasteiger charge is -2.13. The molecule has 0 aliphatic carbocycles. The Kier molecular flexibility index (Phi) is 7.07. The van der Waals surface area contributed by atoms with Gasteiger partial charge in [-0.25, -0.2) is 0 Å². The molecule has 0 heterocycles. The van der Waals surface area contributed by atoms with Gasteiger partial charge in [0.2, 0.25) is 0 Å². The van der Waals surface area contributed by atoms with Crippen molar-refractivity contribution in [2.45, 2.75) is 20.0 Å². The summed E-state index contributed by atoms with van der Waals surface area (Å²) in [6.07, 6.45) is 0.0372. The van der Waals surface area contributed by atoms with E-state index in [-0.39, 0.29) is 33.6 Å². The Balaban J connectivity index is 1.76. The van der Waals surface area contributed by atoms with E-state index < -0.39 is 16.7 Å². The van der Waals surface area contributed by atoms with Gasteiger partial charge in [-0.15, -0.1) is 0 Å². The second kappa shape index (κ2) is 9.93. The van der Waals surface area contributed by atoms with Gasteiger partial charge in [-0.2, -0.15) is 0 Å². The smallest absolute Gasteiger partial charge is 0.270 e.